The van der Waals surface area contributed by atoms with Gasteiger partial charge in [0.05, 0.1) is 4.92 Å². The van der Waals surface area contributed by atoms with Gasteiger partial charge in [0.1, 0.15) is 5.75 Å². The Morgan fingerprint density at radius 2 is 1.70 bits per heavy atom. The lowest BCUT2D eigenvalue weighted by Crippen LogP contribution is -2.33. The van der Waals surface area contributed by atoms with Crippen molar-refractivity contribution in [3.05, 3.63) is 44.5 Å². The Bertz CT molecular complexity index is 514. The largest absolute Gasteiger partial charge is 0.514 e. The van der Waals surface area contributed by atoms with Crippen LogP contribution in [0.1, 0.15) is 13.8 Å². The predicted octanol–water partition coefficient (Wildman–Crippen LogP) is 2.16. The summed E-state index contributed by atoms with van der Waals surface area (Å²) in [7, 11) is 0. The number of nitrogens with zero attached hydrogens (tertiary/aromatic N) is 2. The summed E-state index contributed by atoms with van der Waals surface area (Å²) in [4.78, 5) is 31.1. The van der Waals surface area contributed by atoms with Crippen molar-refractivity contribution >= 4 is 11.8 Å². The fraction of sp³-hybridized carbons (Fsp3) is 0.364. The van der Waals surface area contributed by atoms with Gasteiger partial charge < -0.3 is 9.47 Å². The third-order valence-electron chi connectivity index (χ3n) is 2.54. The Labute approximate surface area is 113 Å². The average Bonchev–Trinajstić information content (AvgIpc) is 2.37. The van der Waals surface area contributed by atoms with Crippen LogP contribution in [0.15, 0.2) is 24.3 Å². The van der Waals surface area contributed by atoms with E-state index < -0.39 is 28.1 Å². The van der Waals surface area contributed by atoms with Gasteiger partial charge in [-0.1, -0.05) is 0 Å². The molecule has 0 saturated heterocycles. The van der Waals surface area contributed by atoms with Gasteiger partial charge in [-0.2, -0.15) is 0 Å². The fourth-order valence-corrected chi connectivity index (χ4v) is 1.18. The summed E-state index contributed by atoms with van der Waals surface area (Å²) < 4.78 is 9.46. The number of benzene rings is 1. The topological polar surface area (TPSA) is 122 Å². The van der Waals surface area contributed by atoms with E-state index in [0.717, 1.165) is 12.1 Å². The number of non-ortho nitro benzene ring substituents is 1. The van der Waals surface area contributed by atoms with Crippen LogP contribution in [0.25, 0.3) is 0 Å². The summed E-state index contributed by atoms with van der Waals surface area (Å²) in [6.07, 6.45) is -2.07. The van der Waals surface area contributed by atoms with Crippen LogP contribution in [0.3, 0.4) is 0 Å². The summed E-state index contributed by atoms with van der Waals surface area (Å²) in [5.41, 5.74) is -0.152. The SMILES string of the molecule is CC(OC(=O)Oc1ccc([N+](=O)[O-])cc1)[C@@H](C)[N+](=O)[O-]. The van der Waals surface area contributed by atoms with Gasteiger partial charge in [0, 0.05) is 24.0 Å². The lowest BCUT2D eigenvalue weighted by molar-refractivity contribution is -0.528. The van der Waals surface area contributed by atoms with Gasteiger partial charge in [-0.05, 0) is 19.1 Å². The quantitative estimate of drug-likeness (QED) is 0.351. The zero-order valence-corrected chi connectivity index (χ0v) is 10.7. The molecule has 108 valence electrons. The second kappa shape index (κ2) is 6.45. The van der Waals surface area contributed by atoms with Crippen molar-refractivity contribution in [1.82, 2.24) is 0 Å². The van der Waals surface area contributed by atoms with E-state index in [-0.39, 0.29) is 11.4 Å². The summed E-state index contributed by atoms with van der Waals surface area (Å²) >= 11 is 0. The predicted molar refractivity (Wildman–Crippen MR) is 66.1 cm³/mol. The molecule has 1 rings (SSSR count). The van der Waals surface area contributed by atoms with Crippen molar-refractivity contribution in [2.75, 3.05) is 0 Å². The molecule has 2 atom stereocenters. The summed E-state index contributed by atoms with van der Waals surface area (Å²) in [6.45, 7) is 2.66. The number of ether oxygens (including phenoxy) is 2. The number of nitro groups is 2. The monoisotopic (exact) mass is 284 g/mol. The zero-order valence-electron chi connectivity index (χ0n) is 10.7. The Hall–Kier alpha value is -2.71. The molecule has 0 saturated carbocycles. The van der Waals surface area contributed by atoms with Crippen LogP contribution < -0.4 is 4.74 Å². The van der Waals surface area contributed by atoms with Crippen molar-refractivity contribution < 1.29 is 24.1 Å². The van der Waals surface area contributed by atoms with Crippen molar-refractivity contribution in [3.8, 4) is 5.75 Å². The van der Waals surface area contributed by atoms with Gasteiger partial charge in [-0.3, -0.25) is 20.2 Å². The maximum absolute atomic E-state index is 11.4. The minimum absolute atomic E-state index is 0.0431. The average molecular weight is 284 g/mol. The molecule has 0 N–H and O–H groups in total. The maximum Gasteiger partial charge on any atom is 0.514 e. The molecule has 1 unspecified atom stereocenters. The molecule has 0 heterocycles. The van der Waals surface area contributed by atoms with Crippen LogP contribution in [0.5, 0.6) is 5.75 Å². The van der Waals surface area contributed by atoms with Crippen molar-refractivity contribution in [1.29, 1.82) is 0 Å². The lowest BCUT2D eigenvalue weighted by Gasteiger charge is -2.13. The first-order valence-electron chi connectivity index (χ1n) is 5.57. The van der Waals surface area contributed by atoms with Gasteiger partial charge in [0.25, 0.3) is 5.69 Å². The van der Waals surface area contributed by atoms with Crippen LogP contribution in [0, 0.1) is 20.2 Å². The maximum atomic E-state index is 11.4. The third-order valence-corrected chi connectivity index (χ3v) is 2.54. The Balaban J connectivity index is 2.58. The molecular weight excluding hydrogens is 272 g/mol. The van der Waals surface area contributed by atoms with E-state index in [2.05, 4.69) is 0 Å². The van der Waals surface area contributed by atoms with Gasteiger partial charge in [-0.25, -0.2) is 4.79 Å². The number of hydrogen-bond donors (Lipinski definition) is 0. The van der Waals surface area contributed by atoms with Crippen molar-refractivity contribution in [2.24, 2.45) is 0 Å². The molecule has 0 aliphatic rings. The molecule has 1 aromatic rings. The second-order valence-corrected chi connectivity index (χ2v) is 3.95. The van der Waals surface area contributed by atoms with E-state index >= 15 is 0 Å². The first-order chi connectivity index (χ1) is 9.31. The Morgan fingerprint density at radius 3 is 2.15 bits per heavy atom. The Kier molecular flexibility index (Phi) is 4.95. The first kappa shape index (κ1) is 15.3. The van der Waals surface area contributed by atoms with Gasteiger partial charge >= 0.3 is 6.16 Å². The standard InChI is InChI=1S/C11H12N2O7/c1-7(12(15)16)8(2)19-11(14)20-10-5-3-9(4-6-10)13(17)18/h3-8H,1-2H3/t7-,8?/m1/s1. The summed E-state index contributed by atoms with van der Waals surface area (Å²) in [5.74, 6) is 0.0431. The highest BCUT2D eigenvalue weighted by Gasteiger charge is 2.26. The molecule has 0 spiro atoms. The van der Waals surface area contributed by atoms with Crippen molar-refractivity contribution in [2.45, 2.75) is 26.0 Å². The molecule has 1 aromatic carbocycles. The molecular formula is C11H12N2O7. The minimum atomic E-state index is -1.11. The molecule has 0 aromatic heterocycles. The number of nitro benzene ring substituents is 1. The smallest absolute Gasteiger partial charge is 0.424 e. The van der Waals surface area contributed by atoms with Crippen LogP contribution in [0.4, 0.5) is 10.5 Å². The lowest BCUT2D eigenvalue weighted by atomic mass is 10.2. The first-order valence-corrected chi connectivity index (χ1v) is 5.57. The highest BCUT2D eigenvalue weighted by Crippen LogP contribution is 2.18. The molecule has 20 heavy (non-hydrogen) atoms. The molecule has 0 aliphatic carbocycles. The van der Waals surface area contributed by atoms with Crippen LogP contribution in [-0.2, 0) is 4.74 Å². The van der Waals surface area contributed by atoms with E-state index in [1.165, 1.54) is 26.0 Å². The van der Waals surface area contributed by atoms with E-state index in [0.29, 0.717) is 0 Å². The number of hydrogen-bond acceptors (Lipinski definition) is 7. The molecule has 9 heteroatoms. The minimum Gasteiger partial charge on any atom is -0.424 e. The van der Waals surface area contributed by atoms with Crippen LogP contribution >= 0.6 is 0 Å². The highest BCUT2D eigenvalue weighted by atomic mass is 16.7. The van der Waals surface area contributed by atoms with Crippen molar-refractivity contribution in [3.63, 3.8) is 0 Å². The Morgan fingerprint density at radius 1 is 1.15 bits per heavy atom. The van der Waals surface area contributed by atoms with Gasteiger partial charge in [0.2, 0.25) is 6.04 Å². The van der Waals surface area contributed by atoms with Gasteiger partial charge in [0.15, 0.2) is 6.10 Å². The second-order valence-electron chi connectivity index (χ2n) is 3.95. The number of carbonyl (C=O) groups excluding carboxylic acids is 1. The summed E-state index contributed by atoms with van der Waals surface area (Å²) in [6, 6.07) is 3.69. The normalized spacial score (nSPS) is 13.1. The molecule has 0 radical (unpaired) electrons. The van der Waals surface area contributed by atoms with E-state index in [1.54, 1.807) is 0 Å². The molecule has 0 aliphatic heterocycles. The zero-order chi connectivity index (χ0) is 15.3. The van der Waals surface area contributed by atoms with E-state index in [1.807, 2.05) is 0 Å². The fourth-order valence-electron chi connectivity index (χ4n) is 1.18. The number of carbonyl (C=O) groups is 1. The van der Waals surface area contributed by atoms with Gasteiger partial charge in [-0.15, -0.1) is 0 Å². The van der Waals surface area contributed by atoms with E-state index in [4.69, 9.17) is 9.47 Å². The summed E-state index contributed by atoms with van der Waals surface area (Å²) in [5, 5.41) is 20.9. The molecule has 9 nitrogen and oxygen atoms in total. The molecule has 0 bridgehead atoms. The van der Waals surface area contributed by atoms with Crippen LogP contribution in [-0.4, -0.2) is 28.1 Å². The number of rotatable bonds is 5. The van der Waals surface area contributed by atoms with Crippen LogP contribution in [0.2, 0.25) is 0 Å². The third kappa shape index (κ3) is 4.19. The van der Waals surface area contributed by atoms with E-state index in [9.17, 15) is 25.0 Å². The molecule has 0 fully saturated rings. The highest BCUT2D eigenvalue weighted by molar-refractivity contribution is 5.64. The molecule has 0 amide bonds.